The highest BCUT2D eigenvalue weighted by Gasteiger charge is 2.00. The molecule has 0 unspecified atom stereocenters. The van der Waals surface area contributed by atoms with Crippen LogP contribution in [0.2, 0.25) is 0 Å². The fourth-order valence-electron chi connectivity index (χ4n) is 1.96. The van der Waals surface area contributed by atoms with Crippen LogP contribution in [0, 0.1) is 21.0 Å². The van der Waals surface area contributed by atoms with E-state index in [1.807, 2.05) is 61.5 Å². The van der Waals surface area contributed by atoms with E-state index in [1.165, 1.54) is 3.57 Å². The number of phenolic OH excluding ortho intramolecular Hbond substituents is 1. The van der Waals surface area contributed by atoms with E-state index in [-0.39, 0.29) is 0 Å². The first-order valence-electron chi connectivity index (χ1n) is 7.40. The number of benzene rings is 3. The van der Waals surface area contributed by atoms with E-state index >= 15 is 0 Å². The Morgan fingerprint density at radius 3 is 1.88 bits per heavy atom. The van der Waals surface area contributed by atoms with Crippen molar-refractivity contribution in [3.8, 4) is 17.2 Å². The lowest BCUT2D eigenvalue weighted by Gasteiger charge is -2.08. The van der Waals surface area contributed by atoms with Crippen molar-refractivity contribution < 1.29 is 9.84 Å². The van der Waals surface area contributed by atoms with E-state index in [0.717, 1.165) is 26.2 Å². The number of halogens is 2. The van der Waals surface area contributed by atoms with Gasteiger partial charge in [0, 0.05) is 7.14 Å². The second kappa shape index (κ2) is 9.27. The number of phenols is 1. The summed E-state index contributed by atoms with van der Waals surface area (Å²) in [5.74, 6) is 2.17. The summed E-state index contributed by atoms with van der Waals surface area (Å²) in [6.45, 7) is 3.94. The Morgan fingerprint density at radius 2 is 1.33 bits per heavy atom. The highest BCUT2D eigenvalue weighted by Crippen LogP contribution is 2.25. The summed E-state index contributed by atoms with van der Waals surface area (Å²) in [6.07, 6.45) is 0. The smallest absolute Gasteiger partial charge is 0.130 e. The van der Waals surface area contributed by atoms with Crippen molar-refractivity contribution in [1.82, 2.24) is 0 Å². The molecule has 0 saturated carbocycles. The molecule has 0 heterocycles. The van der Waals surface area contributed by atoms with Gasteiger partial charge in [-0.1, -0.05) is 18.2 Å². The first-order chi connectivity index (χ1) is 11.5. The molecule has 0 aliphatic rings. The Kier molecular flexibility index (Phi) is 7.36. The van der Waals surface area contributed by atoms with Crippen molar-refractivity contribution in [3.63, 3.8) is 0 Å². The van der Waals surface area contributed by atoms with Crippen LogP contribution in [0.3, 0.4) is 0 Å². The number of rotatable bonds is 2. The summed E-state index contributed by atoms with van der Waals surface area (Å²) in [5, 5.41) is 9.04. The van der Waals surface area contributed by atoms with E-state index in [9.17, 15) is 0 Å². The normalized spacial score (nSPS) is 9.83. The maximum atomic E-state index is 9.04. The van der Waals surface area contributed by atoms with Crippen LogP contribution in [0.4, 0.5) is 0 Å². The van der Waals surface area contributed by atoms with Crippen LogP contribution in [0.15, 0.2) is 66.7 Å². The second-order valence-corrected chi connectivity index (χ2v) is 7.75. The molecule has 3 aromatic carbocycles. The van der Waals surface area contributed by atoms with E-state index in [4.69, 9.17) is 9.84 Å². The van der Waals surface area contributed by atoms with E-state index < -0.39 is 0 Å². The van der Waals surface area contributed by atoms with Crippen molar-refractivity contribution in [1.29, 1.82) is 0 Å². The van der Waals surface area contributed by atoms with Gasteiger partial charge in [-0.3, -0.25) is 0 Å². The first-order valence-corrected chi connectivity index (χ1v) is 9.55. The highest BCUT2D eigenvalue weighted by molar-refractivity contribution is 14.1. The van der Waals surface area contributed by atoms with Crippen molar-refractivity contribution in [2.75, 3.05) is 0 Å². The van der Waals surface area contributed by atoms with Crippen molar-refractivity contribution >= 4 is 45.2 Å². The zero-order chi connectivity index (χ0) is 17.5. The summed E-state index contributed by atoms with van der Waals surface area (Å²) in [5.41, 5.74) is 2.09. The van der Waals surface area contributed by atoms with Gasteiger partial charge in [-0.05, 0) is 119 Å². The molecule has 0 aliphatic carbocycles. The van der Waals surface area contributed by atoms with Gasteiger partial charge >= 0.3 is 0 Å². The van der Waals surface area contributed by atoms with Crippen molar-refractivity contribution in [3.05, 3.63) is 85.0 Å². The molecule has 0 atom stereocenters. The van der Waals surface area contributed by atoms with Crippen LogP contribution >= 0.6 is 45.2 Å². The largest absolute Gasteiger partial charge is 0.508 e. The van der Waals surface area contributed by atoms with Gasteiger partial charge in [0.1, 0.15) is 17.2 Å². The standard InChI is InChI=1S/C13H11IO.C7H7IO/c1-10-9-11(14)7-8-13(10)15-12-5-3-2-4-6-12;1-5-4-6(8)2-3-7(5)9/h2-9H,1H3;2-4,9H,1H3. The molecule has 0 aromatic heterocycles. The Bertz CT molecular complexity index is 802. The Hall–Kier alpha value is -1.28. The monoisotopic (exact) mass is 544 g/mol. The van der Waals surface area contributed by atoms with Gasteiger partial charge in [0.25, 0.3) is 0 Å². The topological polar surface area (TPSA) is 29.5 Å². The van der Waals surface area contributed by atoms with Crippen LogP contribution in [-0.2, 0) is 0 Å². The molecule has 0 aliphatic heterocycles. The molecule has 4 heteroatoms. The summed E-state index contributed by atoms with van der Waals surface area (Å²) >= 11 is 4.51. The molecular weight excluding hydrogens is 526 g/mol. The number of aryl methyl sites for hydroxylation is 2. The number of para-hydroxylation sites is 1. The van der Waals surface area contributed by atoms with E-state index in [2.05, 4.69) is 58.2 Å². The molecular formula is C20H18I2O2. The Morgan fingerprint density at radius 1 is 0.750 bits per heavy atom. The van der Waals surface area contributed by atoms with Gasteiger partial charge in [0.05, 0.1) is 0 Å². The third-order valence-corrected chi connectivity index (χ3v) is 4.61. The fourth-order valence-corrected chi connectivity index (χ4v) is 3.26. The van der Waals surface area contributed by atoms with Crippen LogP contribution in [0.1, 0.15) is 11.1 Å². The molecule has 3 rings (SSSR count). The predicted octanol–water partition coefficient (Wildman–Crippen LogP) is 6.70. The molecule has 124 valence electrons. The van der Waals surface area contributed by atoms with Gasteiger partial charge in [-0.15, -0.1) is 0 Å². The second-order valence-electron chi connectivity index (χ2n) is 5.26. The fraction of sp³-hybridized carbons (Fsp3) is 0.100. The van der Waals surface area contributed by atoms with E-state index in [0.29, 0.717) is 5.75 Å². The molecule has 0 saturated heterocycles. The Balaban J connectivity index is 0.000000198. The summed E-state index contributed by atoms with van der Waals surface area (Å²) in [4.78, 5) is 0. The average Bonchev–Trinajstić information content (AvgIpc) is 2.56. The predicted molar refractivity (Wildman–Crippen MR) is 116 cm³/mol. The van der Waals surface area contributed by atoms with Crippen LogP contribution in [0.25, 0.3) is 0 Å². The maximum absolute atomic E-state index is 9.04. The number of ether oxygens (including phenoxy) is 1. The summed E-state index contributed by atoms with van der Waals surface area (Å²) < 4.78 is 8.14. The lowest BCUT2D eigenvalue weighted by atomic mass is 10.2. The highest BCUT2D eigenvalue weighted by atomic mass is 127. The zero-order valence-corrected chi connectivity index (χ0v) is 17.8. The molecule has 24 heavy (non-hydrogen) atoms. The number of aromatic hydroxyl groups is 1. The van der Waals surface area contributed by atoms with Crippen molar-refractivity contribution in [2.45, 2.75) is 13.8 Å². The third-order valence-electron chi connectivity index (χ3n) is 3.27. The minimum Gasteiger partial charge on any atom is -0.508 e. The minimum atomic E-state index is 0.371. The van der Waals surface area contributed by atoms with Gasteiger partial charge in [-0.2, -0.15) is 0 Å². The molecule has 1 N–H and O–H groups in total. The van der Waals surface area contributed by atoms with Crippen LogP contribution in [-0.4, -0.2) is 5.11 Å². The molecule has 0 fully saturated rings. The number of hydrogen-bond donors (Lipinski definition) is 1. The van der Waals surface area contributed by atoms with E-state index in [1.54, 1.807) is 6.07 Å². The minimum absolute atomic E-state index is 0.371. The lowest BCUT2D eigenvalue weighted by molar-refractivity contribution is 0.471. The third kappa shape index (κ3) is 5.98. The summed E-state index contributed by atoms with van der Waals surface area (Å²) in [6, 6.07) is 21.5. The molecule has 0 radical (unpaired) electrons. The lowest BCUT2D eigenvalue weighted by Crippen LogP contribution is -1.87. The molecule has 0 amide bonds. The molecule has 2 nitrogen and oxygen atoms in total. The maximum Gasteiger partial charge on any atom is 0.130 e. The van der Waals surface area contributed by atoms with Gasteiger partial charge in [0.15, 0.2) is 0 Å². The molecule has 0 spiro atoms. The van der Waals surface area contributed by atoms with Gasteiger partial charge in [0.2, 0.25) is 0 Å². The van der Waals surface area contributed by atoms with Crippen molar-refractivity contribution in [2.24, 2.45) is 0 Å². The Labute approximate surface area is 170 Å². The number of hydrogen-bond acceptors (Lipinski definition) is 2. The van der Waals surface area contributed by atoms with Gasteiger partial charge in [-0.25, -0.2) is 0 Å². The average molecular weight is 544 g/mol. The zero-order valence-electron chi connectivity index (χ0n) is 13.5. The van der Waals surface area contributed by atoms with Gasteiger partial charge < -0.3 is 9.84 Å². The molecule has 0 bridgehead atoms. The van der Waals surface area contributed by atoms with Crippen LogP contribution < -0.4 is 4.74 Å². The SMILES string of the molecule is Cc1cc(I)ccc1O.Cc1cc(I)ccc1Oc1ccccc1. The summed E-state index contributed by atoms with van der Waals surface area (Å²) in [7, 11) is 0. The quantitative estimate of drug-likeness (QED) is 0.365. The molecule has 3 aromatic rings. The first kappa shape index (κ1) is 19.1. The van der Waals surface area contributed by atoms with Crippen LogP contribution in [0.5, 0.6) is 17.2 Å².